The fourth-order valence-corrected chi connectivity index (χ4v) is 3.94. The van der Waals surface area contributed by atoms with E-state index >= 15 is 0 Å². The molecule has 1 aliphatic rings. The molecule has 3 aromatic rings. The van der Waals surface area contributed by atoms with Crippen molar-refractivity contribution >= 4 is 28.9 Å². The topological polar surface area (TPSA) is 143 Å². The highest BCUT2D eigenvalue weighted by Gasteiger charge is 2.24. The number of nitriles is 1. The lowest BCUT2D eigenvalue weighted by atomic mass is 9.86. The summed E-state index contributed by atoms with van der Waals surface area (Å²) in [7, 11) is 1.72. The average molecular weight is 406 g/mol. The van der Waals surface area contributed by atoms with Gasteiger partial charge < -0.3 is 20.9 Å². The fraction of sp³-hybridized carbons (Fsp3) is 0.350. The summed E-state index contributed by atoms with van der Waals surface area (Å²) in [5, 5.41) is 19.4. The van der Waals surface area contributed by atoms with E-state index in [0.29, 0.717) is 23.7 Å². The first-order valence-corrected chi connectivity index (χ1v) is 9.76. The van der Waals surface area contributed by atoms with Crippen LogP contribution >= 0.6 is 0 Å². The third kappa shape index (κ3) is 3.45. The Morgan fingerprint density at radius 2 is 2.23 bits per heavy atom. The third-order valence-corrected chi connectivity index (χ3v) is 5.45. The highest BCUT2D eigenvalue weighted by Crippen LogP contribution is 2.31. The molecule has 3 heterocycles. The molecule has 10 heteroatoms. The molecule has 0 radical (unpaired) electrons. The van der Waals surface area contributed by atoms with Crippen LogP contribution in [-0.4, -0.2) is 32.1 Å². The van der Waals surface area contributed by atoms with Gasteiger partial charge in [0.1, 0.15) is 22.9 Å². The molecule has 1 saturated carbocycles. The Kier molecular flexibility index (Phi) is 5.10. The Bertz CT molecular complexity index is 1210. The number of carbonyl (C=O) groups is 1. The predicted octanol–water partition coefficient (Wildman–Crippen LogP) is 2.03. The minimum absolute atomic E-state index is 0.00254. The van der Waals surface area contributed by atoms with Gasteiger partial charge in [0.15, 0.2) is 5.65 Å². The zero-order valence-electron chi connectivity index (χ0n) is 16.5. The SMILES string of the molecule is CNc1cc(Nc2cccn(C3CCCC(C#N)C3)c2=O)nc2c(C(N)=O)cnn12. The van der Waals surface area contributed by atoms with Gasteiger partial charge in [0.2, 0.25) is 0 Å². The molecule has 3 aromatic heterocycles. The normalized spacial score (nSPS) is 18.7. The van der Waals surface area contributed by atoms with Gasteiger partial charge in [0.05, 0.1) is 12.3 Å². The zero-order chi connectivity index (χ0) is 21.3. The number of rotatable bonds is 5. The van der Waals surface area contributed by atoms with Crippen LogP contribution in [0.25, 0.3) is 5.65 Å². The van der Waals surface area contributed by atoms with Crippen molar-refractivity contribution in [3.05, 3.63) is 46.5 Å². The van der Waals surface area contributed by atoms with Crippen LogP contribution < -0.4 is 21.9 Å². The van der Waals surface area contributed by atoms with Gasteiger partial charge in [0.25, 0.3) is 11.5 Å². The van der Waals surface area contributed by atoms with E-state index in [4.69, 9.17) is 5.73 Å². The summed E-state index contributed by atoms with van der Waals surface area (Å²) in [6.07, 6.45) is 6.46. The van der Waals surface area contributed by atoms with E-state index in [1.165, 1.54) is 10.7 Å². The third-order valence-electron chi connectivity index (χ3n) is 5.45. The molecule has 1 amide bonds. The largest absolute Gasteiger partial charge is 0.373 e. The minimum Gasteiger partial charge on any atom is -0.373 e. The van der Waals surface area contributed by atoms with Crippen molar-refractivity contribution in [2.45, 2.75) is 31.7 Å². The molecular weight excluding hydrogens is 384 g/mol. The van der Waals surface area contributed by atoms with Crippen molar-refractivity contribution in [1.82, 2.24) is 19.2 Å². The quantitative estimate of drug-likeness (QED) is 0.588. The summed E-state index contributed by atoms with van der Waals surface area (Å²) in [6.45, 7) is 0. The lowest BCUT2D eigenvalue weighted by Crippen LogP contribution is -2.29. The number of fused-ring (bicyclic) bond motifs is 1. The molecule has 4 N–H and O–H groups in total. The van der Waals surface area contributed by atoms with E-state index in [2.05, 4.69) is 26.8 Å². The molecule has 0 saturated heterocycles. The fourth-order valence-electron chi connectivity index (χ4n) is 3.94. The number of primary amides is 1. The standard InChI is InChI=1S/C20H22N8O2/c1-23-17-9-16(26-19-14(18(22)29)11-24-28(17)19)25-15-6-3-7-27(20(15)30)13-5-2-4-12(8-13)10-21/h3,6-7,9,11-13,23H,2,4-5,8H2,1H3,(H2,22,29)(H,25,26). The Morgan fingerprint density at radius 1 is 1.40 bits per heavy atom. The van der Waals surface area contributed by atoms with E-state index in [0.717, 1.165) is 19.3 Å². The number of anilines is 3. The Hall–Kier alpha value is -3.87. The summed E-state index contributed by atoms with van der Waals surface area (Å²) >= 11 is 0. The van der Waals surface area contributed by atoms with Crippen LogP contribution in [-0.2, 0) is 0 Å². The van der Waals surface area contributed by atoms with Crippen LogP contribution in [0.2, 0.25) is 0 Å². The lowest BCUT2D eigenvalue weighted by molar-refractivity contribution is 0.100. The minimum atomic E-state index is -0.636. The van der Waals surface area contributed by atoms with Gasteiger partial charge in [-0.05, 0) is 31.4 Å². The number of hydrogen-bond acceptors (Lipinski definition) is 7. The first-order chi connectivity index (χ1) is 14.5. The Morgan fingerprint density at radius 3 is 2.97 bits per heavy atom. The van der Waals surface area contributed by atoms with Crippen molar-refractivity contribution in [1.29, 1.82) is 5.26 Å². The van der Waals surface area contributed by atoms with Crippen LogP contribution in [0.1, 0.15) is 42.1 Å². The second kappa shape index (κ2) is 7.87. The number of nitrogens with zero attached hydrogens (tertiary/aromatic N) is 5. The van der Waals surface area contributed by atoms with Gasteiger partial charge in [-0.25, -0.2) is 4.98 Å². The summed E-state index contributed by atoms with van der Waals surface area (Å²) < 4.78 is 3.16. The van der Waals surface area contributed by atoms with Crippen molar-refractivity contribution in [3.8, 4) is 6.07 Å². The number of amides is 1. The van der Waals surface area contributed by atoms with Gasteiger partial charge in [-0.2, -0.15) is 14.9 Å². The highest BCUT2D eigenvalue weighted by atomic mass is 16.1. The monoisotopic (exact) mass is 406 g/mol. The van der Waals surface area contributed by atoms with Crippen LogP contribution in [0, 0.1) is 17.2 Å². The van der Waals surface area contributed by atoms with Gasteiger partial charge in [-0.15, -0.1) is 0 Å². The number of aromatic nitrogens is 4. The number of pyridine rings is 1. The molecular formula is C20H22N8O2. The summed E-state index contributed by atoms with van der Waals surface area (Å²) in [6, 6.07) is 7.49. The first kappa shape index (κ1) is 19.4. The van der Waals surface area contributed by atoms with E-state index in [1.807, 2.05) is 0 Å². The van der Waals surface area contributed by atoms with Gasteiger partial charge in [-0.3, -0.25) is 9.59 Å². The maximum atomic E-state index is 13.1. The summed E-state index contributed by atoms with van der Waals surface area (Å²) in [5.74, 6) is 0.297. The predicted molar refractivity (Wildman–Crippen MR) is 112 cm³/mol. The van der Waals surface area contributed by atoms with E-state index in [9.17, 15) is 14.9 Å². The molecule has 154 valence electrons. The first-order valence-electron chi connectivity index (χ1n) is 9.76. The van der Waals surface area contributed by atoms with E-state index < -0.39 is 5.91 Å². The lowest BCUT2D eigenvalue weighted by Gasteiger charge is -2.27. The molecule has 2 unspecified atom stereocenters. The molecule has 0 bridgehead atoms. The van der Waals surface area contributed by atoms with Crippen LogP contribution in [0.5, 0.6) is 0 Å². The van der Waals surface area contributed by atoms with E-state index in [1.54, 1.807) is 36.0 Å². The molecule has 1 aliphatic carbocycles. The Labute approximate surface area is 172 Å². The second-order valence-electron chi connectivity index (χ2n) is 7.34. The number of hydrogen-bond donors (Lipinski definition) is 3. The van der Waals surface area contributed by atoms with Crippen molar-refractivity contribution in [2.24, 2.45) is 11.7 Å². The average Bonchev–Trinajstić information content (AvgIpc) is 3.19. The summed E-state index contributed by atoms with van der Waals surface area (Å²) in [4.78, 5) is 29.2. The van der Waals surface area contributed by atoms with Crippen LogP contribution in [0.15, 0.2) is 35.4 Å². The van der Waals surface area contributed by atoms with Gasteiger partial charge in [-0.1, -0.05) is 6.42 Å². The smallest absolute Gasteiger partial charge is 0.274 e. The zero-order valence-corrected chi connectivity index (χ0v) is 16.5. The van der Waals surface area contributed by atoms with Crippen molar-refractivity contribution in [3.63, 3.8) is 0 Å². The maximum Gasteiger partial charge on any atom is 0.274 e. The molecule has 2 atom stereocenters. The molecule has 4 rings (SSSR count). The van der Waals surface area contributed by atoms with Crippen LogP contribution in [0.3, 0.4) is 0 Å². The molecule has 0 aliphatic heterocycles. The molecule has 0 spiro atoms. The molecule has 0 aromatic carbocycles. The van der Waals surface area contributed by atoms with Crippen molar-refractivity contribution < 1.29 is 4.79 Å². The van der Waals surface area contributed by atoms with Crippen molar-refractivity contribution in [2.75, 3.05) is 17.7 Å². The molecule has 30 heavy (non-hydrogen) atoms. The second-order valence-corrected chi connectivity index (χ2v) is 7.34. The highest BCUT2D eigenvalue weighted by molar-refractivity contribution is 5.98. The van der Waals surface area contributed by atoms with E-state index in [-0.39, 0.29) is 28.7 Å². The Balaban J connectivity index is 1.70. The number of carbonyl (C=O) groups excluding carboxylic acids is 1. The van der Waals surface area contributed by atoms with Gasteiger partial charge >= 0.3 is 0 Å². The number of nitrogens with one attached hydrogen (secondary N) is 2. The van der Waals surface area contributed by atoms with Gasteiger partial charge in [0, 0.05) is 31.3 Å². The molecule has 10 nitrogen and oxygen atoms in total. The maximum absolute atomic E-state index is 13.1. The summed E-state index contributed by atoms with van der Waals surface area (Å²) in [5.41, 5.74) is 6.07. The number of nitrogens with two attached hydrogens (primary N) is 1. The molecule has 1 fully saturated rings. The van der Waals surface area contributed by atoms with Crippen LogP contribution in [0.4, 0.5) is 17.3 Å².